The molecule has 0 spiro atoms. The second-order valence-corrected chi connectivity index (χ2v) is 9.80. The number of carboxylic acids is 1. The Balaban J connectivity index is 1.70. The molecule has 0 aromatic heterocycles. The minimum Gasteiger partial charge on any atom is -0.493 e. The number of carbonyl (C=O) groups is 3. The van der Waals surface area contributed by atoms with Gasteiger partial charge in [0.05, 0.1) is 17.5 Å². The number of Topliss-reactive ketones (excluding diaryl/α,β-unsaturated/α-hetero) is 1. The van der Waals surface area contributed by atoms with Crippen molar-refractivity contribution in [2.45, 2.75) is 43.0 Å². The van der Waals surface area contributed by atoms with Crippen molar-refractivity contribution in [1.82, 2.24) is 4.90 Å². The van der Waals surface area contributed by atoms with Crippen molar-refractivity contribution < 1.29 is 29.3 Å². The quantitative estimate of drug-likeness (QED) is 0.537. The smallest absolute Gasteiger partial charge is 0.327 e. The summed E-state index contributed by atoms with van der Waals surface area (Å²) in [5.74, 6) is -2.82. The predicted octanol–water partition coefficient (Wildman–Crippen LogP) is 2.55. The van der Waals surface area contributed by atoms with E-state index in [2.05, 4.69) is 0 Å². The van der Waals surface area contributed by atoms with Gasteiger partial charge in [-0.05, 0) is 37.6 Å². The monoisotopic (exact) mass is 429 g/mol. The Bertz CT molecular complexity index is 1050. The average Bonchev–Trinajstić information content (AvgIpc) is 2.95. The fraction of sp³-hybridized carbons (Fsp3) is 0.409. The number of β-lactam (4-membered cyclic amide) rings is 1. The molecule has 2 N–H and O–H groups in total. The average molecular weight is 429 g/mol. The molecule has 2 aromatic rings. The molecule has 0 radical (unpaired) electrons. The maximum absolute atomic E-state index is 13.4. The van der Waals surface area contributed by atoms with Crippen molar-refractivity contribution in [3.05, 3.63) is 42.0 Å². The van der Waals surface area contributed by atoms with Crippen LogP contribution in [0.4, 0.5) is 0 Å². The number of amides is 1. The number of aliphatic hydroxyl groups excluding tert-OH is 1. The van der Waals surface area contributed by atoms with Gasteiger partial charge in [-0.25, -0.2) is 4.79 Å². The predicted molar refractivity (Wildman–Crippen MR) is 113 cm³/mol. The van der Waals surface area contributed by atoms with Gasteiger partial charge in [0.2, 0.25) is 5.91 Å². The van der Waals surface area contributed by atoms with Crippen molar-refractivity contribution in [2.24, 2.45) is 5.92 Å². The number of ether oxygens (including phenoxy) is 1. The van der Waals surface area contributed by atoms with Crippen molar-refractivity contribution in [3.8, 4) is 5.75 Å². The van der Waals surface area contributed by atoms with Crippen LogP contribution in [0.1, 0.15) is 31.1 Å². The van der Waals surface area contributed by atoms with E-state index in [4.69, 9.17) is 4.74 Å². The van der Waals surface area contributed by atoms with Crippen molar-refractivity contribution in [2.75, 3.05) is 6.61 Å². The van der Waals surface area contributed by atoms with Crippen LogP contribution >= 0.6 is 11.8 Å². The summed E-state index contributed by atoms with van der Waals surface area (Å²) in [5, 5.41) is 21.4. The molecule has 2 saturated heterocycles. The number of hydrogen-bond acceptors (Lipinski definition) is 6. The summed E-state index contributed by atoms with van der Waals surface area (Å²) >= 11 is 1.31. The van der Waals surface area contributed by atoms with E-state index in [9.17, 15) is 24.6 Å². The minimum absolute atomic E-state index is 0.241. The van der Waals surface area contributed by atoms with Gasteiger partial charge in [-0.1, -0.05) is 30.3 Å². The lowest BCUT2D eigenvalue weighted by Crippen LogP contribution is -2.66. The molecule has 1 amide bonds. The van der Waals surface area contributed by atoms with Crippen LogP contribution in [0.3, 0.4) is 0 Å². The second-order valence-electron chi connectivity index (χ2n) is 8.03. The van der Waals surface area contributed by atoms with E-state index >= 15 is 0 Å². The molecule has 2 aliphatic rings. The zero-order valence-corrected chi connectivity index (χ0v) is 17.7. The summed E-state index contributed by atoms with van der Waals surface area (Å²) in [6.07, 6.45) is -1.58. The molecule has 30 heavy (non-hydrogen) atoms. The molecule has 158 valence electrons. The summed E-state index contributed by atoms with van der Waals surface area (Å²) in [7, 11) is 0. The normalized spacial score (nSPS) is 25.5. The maximum Gasteiger partial charge on any atom is 0.327 e. The van der Waals surface area contributed by atoms with Crippen molar-refractivity contribution in [1.29, 1.82) is 0 Å². The molecule has 0 unspecified atom stereocenters. The lowest BCUT2D eigenvalue weighted by molar-refractivity contribution is -0.167. The Morgan fingerprint density at radius 3 is 2.60 bits per heavy atom. The van der Waals surface area contributed by atoms with E-state index in [-0.39, 0.29) is 5.56 Å². The highest BCUT2D eigenvalue weighted by Crippen LogP contribution is 2.54. The van der Waals surface area contributed by atoms with E-state index in [1.165, 1.54) is 16.7 Å². The number of fused-ring (bicyclic) bond motifs is 2. The van der Waals surface area contributed by atoms with Crippen LogP contribution in [0.2, 0.25) is 0 Å². The van der Waals surface area contributed by atoms with E-state index < -0.39 is 45.8 Å². The third-order valence-corrected chi connectivity index (χ3v) is 7.35. The van der Waals surface area contributed by atoms with Crippen LogP contribution in [0.5, 0.6) is 5.75 Å². The molecule has 2 fully saturated rings. The van der Waals surface area contributed by atoms with Gasteiger partial charge < -0.3 is 19.8 Å². The number of rotatable bonds is 6. The fourth-order valence-electron chi connectivity index (χ4n) is 4.43. The number of hydrogen-bond donors (Lipinski definition) is 2. The first-order chi connectivity index (χ1) is 14.2. The van der Waals surface area contributed by atoms with E-state index in [0.717, 1.165) is 5.39 Å². The SMILES string of the molecule is CCOc1ccc2ccccc2c1C(=O)[C@@H](O)[C@H]1C(=O)N2[C@@H]1SC(C)(C)[C@@H]2C(=O)O. The molecule has 7 nitrogen and oxygen atoms in total. The number of ketones is 1. The van der Waals surface area contributed by atoms with Gasteiger partial charge in [-0.2, -0.15) is 0 Å². The van der Waals surface area contributed by atoms with Crippen molar-refractivity contribution >= 4 is 40.2 Å². The van der Waals surface area contributed by atoms with Gasteiger partial charge in [0.15, 0.2) is 5.78 Å². The van der Waals surface area contributed by atoms with Crippen LogP contribution < -0.4 is 4.74 Å². The standard InChI is InChI=1S/C22H23NO6S/c1-4-29-13-10-9-11-7-5-6-8-12(11)14(13)16(24)17(25)15-19(26)23-18(21(27)28)22(2,3)30-20(15)23/h5-10,15,17-18,20,25H,4H2,1-3H3,(H,27,28)/t15-,17-,18-,20+/m0/s1. The molecule has 2 aliphatic heterocycles. The first kappa shape index (κ1) is 20.7. The third kappa shape index (κ3) is 2.97. The first-order valence-corrected chi connectivity index (χ1v) is 10.7. The molecule has 8 heteroatoms. The number of carboxylic acid groups (broad SMARTS) is 1. The highest BCUT2D eigenvalue weighted by molar-refractivity contribution is 8.01. The number of benzene rings is 2. The first-order valence-electron chi connectivity index (χ1n) is 9.78. The Kier molecular flexibility index (Phi) is 5.02. The number of aliphatic hydroxyl groups is 1. The lowest BCUT2D eigenvalue weighted by Gasteiger charge is -2.45. The third-order valence-electron chi connectivity index (χ3n) is 5.76. The van der Waals surface area contributed by atoms with E-state index in [1.54, 1.807) is 39.0 Å². The van der Waals surface area contributed by atoms with Gasteiger partial charge in [-0.3, -0.25) is 9.59 Å². The fourth-order valence-corrected chi connectivity index (χ4v) is 6.14. The molecule has 0 bridgehead atoms. The van der Waals surface area contributed by atoms with E-state index in [1.807, 2.05) is 18.2 Å². The van der Waals surface area contributed by atoms with Crippen LogP contribution in [0.15, 0.2) is 36.4 Å². The second kappa shape index (κ2) is 7.28. The molecule has 4 rings (SSSR count). The summed E-state index contributed by atoms with van der Waals surface area (Å²) in [6, 6.07) is 9.82. The number of nitrogens with zero attached hydrogens (tertiary/aromatic N) is 1. The molecule has 0 aliphatic carbocycles. The number of carbonyl (C=O) groups excluding carboxylic acids is 2. The summed E-state index contributed by atoms with van der Waals surface area (Å²) < 4.78 is 4.91. The summed E-state index contributed by atoms with van der Waals surface area (Å²) in [4.78, 5) is 39.1. The van der Waals surface area contributed by atoms with Gasteiger partial charge in [0.25, 0.3) is 0 Å². The summed E-state index contributed by atoms with van der Waals surface area (Å²) in [6.45, 7) is 5.66. The van der Waals surface area contributed by atoms with Crippen molar-refractivity contribution in [3.63, 3.8) is 0 Å². The van der Waals surface area contributed by atoms with E-state index in [0.29, 0.717) is 17.7 Å². The molecule has 0 saturated carbocycles. The van der Waals surface area contributed by atoms with Crippen LogP contribution in [0.25, 0.3) is 10.8 Å². The molecule has 4 atom stereocenters. The van der Waals surface area contributed by atoms with Gasteiger partial charge >= 0.3 is 5.97 Å². The molecule has 2 aromatic carbocycles. The Hall–Kier alpha value is -2.58. The summed E-state index contributed by atoms with van der Waals surface area (Å²) in [5.41, 5.74) is 0.241. The zero-order valence-electron chi connectivity index (χ0n) is 16.9. The molecular formula is C22H23NO6S. The largest absolute Gasteiger partial charge is 0.493 e. The Labute approximate surface area is 178 Å². The van der Waals surface area contributed by atoms with Gasteiger partial charge in [0, 0.05) is 4.75 Å². The Morgan fingerprint density at radius 2 is 1.93 bits per heavy atom. The van der Waals surface area contributed by atoms with Crippen LogP contribution in [-0.4, -0.2) is 61.6 Å². The Morgan fingerprint density at radius 1 is 1.23 bits per heavy atom. The van der Waals surface area contributed by atoms with Crippen LogP contribution in [0, 0.1) is 5.92 Å². The van der Waals surface area contributed by atoms with Gasteiger partial charge in [-0.15, -0.1) is 11.8 Å². The number of aliphatic carboxylic acids is 1. The molecular weight excluding hydrogens is 406 g/mol. The lowest BCUT2D eigenvalue weighted by atomic mass is 9.84. The van der Waals surface area contributed by atoms with Crippen LogP contribution in [-0.2, 0) is 9.59 Å². The highest BCUT2D eigenvalue weighted by atomic mass is 32.2. The number of thioether (sulfide) groups is 1. The maximum atomic E-state index is 13.4. The topological polar surface area (TPSA) is 104 Å². The molecule has 2 heterocycles. The van der Waals surface area contributed by atoms with Gasteiger partial charge in [0.1, 0.15) is 23.8 Å². The minimum atomic E-state index is -1.58. The zero-order chi connectivity index (χ0) is 21.8. The highest BCUT2D eigenvalue weighted by Gasteiger charge is 2.66.